The Bertz CT molecular complexity index is 268. The molecule has 1 fully saturated rings. The third-order valence-corrected chi connectivity index (χ3v) is 2.41. The third-order valence-electron chi connectivity index (χ3n) is 2.41. The molecule has 0 saturated carbocycles. The second-order valence-electron chi connectivity index (χ2n) is 3.38. The van der Waals surface area contributed by atoms with E-state index in [0.717, 1.165) is 13.1 Å². The van der Waals surface area contributed by atoms with Gasteiger partial charge >= 0.3 is 0 Å². The van der Waals surface area contributed by atoms with E-state index in [9.17, 15) is 0 Å². The fourth-order valence-corrected chi connectivity index (χ4v) is 1.70. The predicted molar refractivity (Wildman–Crippen MR) is 46.8 cm³/mol. The van der Waals surface area contributed by atoms with Gasteiger partial charge in [0.15, 0.2) is 0 Å². The molecule has 2 heterocycles. The maximum absolute atomic E-state index is 5.92. The van der Waals surface area contributed by atoms with Gasteiger partial charge in [-0.1, -0.05) is 0 Å². The lowest BCUT2D eigenvalue weighted by Crippen LogP contribution is -2.27. The number of hydrogen-bond acceptors (Lipinski definition) is 3. The Morgan fingerprint density at radius 2 is 2.50 bits per heavy atom. The number of nitrogens with one attached hydrogen (secondary N) is 1. The van der Waals surface area contributed by atoms with Crippen LogP contribution in [0, 0.1) is 0 Å². The Morgan fingerprint density at radius 3 is 3.00 bits per heavy atom. The molecule has 0 spiro atoms. The van der Waals surface area contributed by atoms with Crippen LogP contribution in [0.3, 0.4) is 0 Å². The molecule has 0 aromatic carbocycles. The Morgan fingerprint density at radius 1 is 1.67 bits per heavy atom. The summed E-state index contributed by atoms with van der Waals surface area (Å²) >= 11 is 0. The molecule has 0 radical (unpaired) electrons. The van der Waals surface area contributed by atoms with Crippen LogP contribution in [0.1, 0.15) is 11.5 Å². The van der Waals surface area contributed by atoms with Crippen molar-refractivity contribution in [3.8, 4) is 0 Å². The molecule has 1 aromatic rings. The second kappa shape index (κ2) is 2.88. The van der Waals surface area contributed by atoms with Crippen molar-refractivity contribution in [2.45, 2.75) is 12.0 Å². The molecule has 2 unspecified atom stereocenters. The summed E-state index contributed by atoms with van der Waals surface area (Å²) in [5, 5.41) is 7.40. The van der Waals surface area contributed by atoms with Gasteiger partial charge < -0.3 is 11.1 Å². The van der Waals surface area contributed by atoms with E-state index in [1.54, 1.807) is 0 Å². The molecule has 66 valence electrons. The lowest BCUT2D eigenvalue weighted by Gasteiger charge is -2.10. The number of rotatable bonds is 1. The number of hydrogen-bond donors (Lipinski definition) is 2. The molecule has 4 nitrogen and oxygen atoms in total. The van der Waals surface area contributed by atoms with Crippen LogP contribution in [0.15, 0.2) is 12.4 Å². The van der Waals surface area contributed by atoms with Crippen LogP contribution in [0.25, 0.3) is 0 Å². The van der Waals surface area contributed by atoms with Gasteiger partial charge in [-0.15, -0.1) is 0 Å². The molecule has 12 heavy (non-hydrogen) atoms. The maximum atomic E-state index is 5.92. The zero-order chi connectivity index (χ0) is 8.55. The first kappa shape index (κ1) is 7.76. The van der Waals surface area contributed by atoms with E-state index in [1.165, 1.54) is 5.56 Å². The van der Waals surface area contributed by atoms with E-state index in [1.807, 2.05) is 24.1 Å². The molecular weight excluding hydrogens is 152 g/mol. The predicted octanol–water partition coefficient (Wildman–Crippen LogP) is -0.566. The standard InChI is InChI=1S/C8H14N4/c1-12-5-6(2-11-12)7-3-10-4-8(7)9/h2,5,7-8,10H,3-4,9H2,1H3. The van der Waals surface area contributed by atoms with Crippen LogP contribution in [-0.4, -0.2) is 28.9 Å². The van der Waals surface area contributed by atoms with Gasteiger partial charge in [0.2, 0.25) is 0 Å². The van der Waals surface area contributed by atoms with Crippen LogP contribution >= 0.6 is 0 Å². The summed E-state index contributed by atoms with van der Waals surface area (Å²) in [5.74, 6) is 0.443. The Hall–Kier alpha value is -0.870. The zero-order valence-electron chi connectivity index (χ0n) is 7.20. The Labute approximate surface area is 71.7 Å². The molecule has 1 aromatic heterocycles. The summed E-state index contributed by atoms with van der Waals surface area (Å²) in [7, 11) is 1.93. The van der Waals surface area contributed by atoms with Gasteiger partial charge in [-0.3, -0.25) is 4.68 Å². The Kier molecular flexibility index (Phi) is 1.86. The number of nitrogens with zero attached hydrogens (tertiary/aromatic N) is 2. The molecule has 1 aliphatic rings. The summed E-state index contributed by atoms with van der Waals surface area (Å²) in [4.78, 5) is 0. The molecular formula is C8H14N4. The van der Waals surface area contributed by atoms with Crippen molar-refractivity contribution in [3.05, 3.63) is 18.0 Å². The monoisotopic (exact) mass is 166 g/mol. The van der Waals surface area contributed by atoms with Crippen LogP contribution in [0.5, 0.6) is 0 Å². The number of aryl methyl sites for hydroxylation is 1. The van der Waals surface area contributed by atoms with Gasteiger partial charge in [-0.25, -0.2) is 0 Å². The smallest absolute Gasteiger partial charge is 0.0525 e. The fourth-order valence-electron chi connectivity index (χ4n) is 1.70. The van der Waals surface area contributed by atoms with E-state index in [2.05, 4.69) is 10.4 Å². The van der Waals surface area contributed by atoms with Crippen molar-refractivity contribution >= 4 is 0 Å². The molecule has 4 heteroatoms. The highest BCUT2D eigenvalue weighted by Crippen LogP contribution is 2.20. The first-order valence-electron chi connectivity index (χ1n) is 4.22. The van der Waals surface area contributed by atoms with E-state index in [4.69, 9.17) is 5.73 Å². The molecule has 1 saturated heterocycles. The largest absolute Gasteiger partial charge is 0.326 e. The van der Waals surface area contributed by atoms with Crippen molar-refractivity contribution in [1.82, 2.24) is 15.1 Å². The van der Waals surface area contributed by atoms with E-state index in [-0.39, 0.29) is 6.04 Å². The van der Waals surface area contributed by atoms with Gasteiger partial charge in [-0.05, 0) is 5.56 Å². The highest BCUT2D eigenvalue weighted by atomic mass is 15.2. The minimum Gasteiger partial charge on any atom is -0.326 e. The number of nitrogens with two attached hydrogens (primary N) is 1. The molecule has 3 N–H and O–H groups in total. The minimum atomic E-state index is 0.245. The van der Waals surface area contributed by atoms with Crippen molar-refractivity contribution in [2.24, 2.45) is 12.8 Å². The lowest BCUT2D eigenvalue weighted by molar-refractivity contribution is 0.652. The molecule has 2 rings (SSSR count). The lowest BCUT2D eigenvalue weighted by atomic mass is 9.98. The van der Waals surface area contributed by atoms with Gasteiger partial charge in [0, 0.05) is 38.3 Å². The number of aromatic nitrogens is 2. The normalized spacial score (nSPS) is 29.5. The summed E-state index contributed by atoms with van der Waals surface area (Å²) in [6, 6.07) is 0.245. The molecule has 0 bridgehead atoms. The first-order chi connectivity index (χ1) is 5.77. The van der Waals surface area contributed by atoms with Crippen molar-refractivity contribution in [3.63, 3.8) is 0 Å². The molecule has 0 amide bonds. The average molecular weight is 166 g/mol. The summed E-state index contributed by atoms with van der Waals surface area (Å²) < 4.78 is 1.82. The summed E-state index contributed by atoms with van der Waals surface area (Å²) in [5.41, 5.74) is 7.17. The van der Waals surface area contributed by atoms with Crippen molar-refractivity contribution < 1.29 is 0 Å². The van der Waals surface area contributed by atoms with Gasteiger partial charge in [-0.2, -0.15) is 5.10 Å². The highest BCUT2D eigenvalue weighted by molar-refractivity contribution is 5.17. The second-order valence-corrected chi connectivity index (χ2v) is 3.38. The molecule has 0 aliphatic carbocycles. The highest BCUT2D eigenvalue weighted by Gasteiger charge is 2.25. The summed E-state index contributed by atoms with van der Waals surface area (Å²) in [6.45, 7) is 1.90. The van der Waals surface area contributed by atoms with E-state index >= 15 is 0 Å². The SMILES string of the molecule is Cn1cc(C2CNCC2N)cn1. The van der Waals surface area contributed by atoms with Crippen molar-refractivity contribution in [1.29, 1.82) is 0 Å². The molecule has 2 atom stereocenters. The van der Waals surface area contributed by atoms with Crippen LogP contribution < -0.4 is 11.1 Å². The third kappa shape index (κ3) is 1.23. The zero-order valence-corrected chi connectivity index (χ0v) is 7.20. The average Bonchev–Trinajstić information content (AvgIpc) is 2.58. The quantitative estimate of drug-likeness (QED) is 0.587. The van der Waals surface area contributed by atoms with E-state index < -0.39 is 0 Å². The Balaban J connectivity index is 2.19. The van der Waals surface area contributed by atoms with Crippen LogP contribution in [-0.2, 0) is 7.05 Å². The minimum absolute atomic E-state index is 0.245. The maximum Gasteiger partial charge on any atom is 0.0525 e. The summed E-state index contributed by atoms with van der Waals surface area (Å²) in [6.07, 6.45) is 3.94. The van der Waals surface area contributed by atoms with E-state index in [0.29, 0.717) is 5.92 Å². The van der Waals surface area contributed by atoms with Gasteiger partial charge in [0.25, 0.3) is 0 Å². The molecule has 1 aliphatic heterocycles. The van der Waals surface area contributed by atoms with Crippen LogP contribution in [0.2, 0.25) is 0 Å². The van der Waals surface area contributed by atoms with Crippen LogP contribution in [0.4, 0.5) is 0 Å². The first-order valence-corrected chi connectivity index (χ1v) is 4.22. The van der Waals surface area contributed by atoms with Gasteiger partial charge in [0.05, 0.1) is 6.20 Å². The van der Waals surface area contributed by atoms with Gasteiger partial charge in [0.1, 0.15) is 0 Å². The van der Waals surface area contributed by atoms with Crippen molar-refractivity contribution in [2.75, 3.05) is 13.1 Å². The topological polar surface area (TPSA) is 55.9 Å². The fraction of sp³-hybridized carbons (Fsp3) is 0.625.